The van der Waals surface area contributed by atoms with Gasteiger partial charge in [0.1, 0.15) is 5.75 Å². The van der Waals surface area contributed by atoms with Crippen LogP contribution in [0, 0.1) is 6.92 Å². The first kappa shape index (κ1) is 27.3. The second kappa shape index (κ2) is 12.1. The predicted octanol–water partition coefficient (Wildman–Crippen LogP) is 4.71. The van der Waals surface area contributed by atoms with Gasteiger partial charge in [0.15, 0.2) is 6.61 Å². The molecule has 2 aliphatic heterocycles. The Morgan fingerprint density at radius 1 is 1.11 bits per heavy atom. The molecule has 4 rings (SSSR count). The number of benzene rings is 2. The van der Waals surface area contributed by atoms with Gasteiger partial charge in [-0.2, -0.15) is 13.2 Å². The number of nitrogens with zero attached hydrogens (tertiary/aromatic N) is 2. The predicted molar refractivity (Wildman–Crippen MR) is 131 cm³/mol. The number of carboxylic acids is 1. The van der Waals surface area contributed by atoms with Gasteiger partial charge in [-0.3, -0.25) is 9.69 Å². The monoisotopic (exact) mass is 507 g/mol. The van der Waals surface area contributed by atoms with Crippen LogP contribution in [-0.2, 0) is 9.59 Å². The van der Waals surface area contributed by atoms with E-state index in [4.69, 9.17) is 14.6 Å². The zero-order valence-corrected chi connectivity index (χ0v) is 20.4. The summed E-state index contributed by atoms with van der Waals surface area (Å²) >= 11 is 0. The van der Waals surface area contributed by atoms with E-state index in [2.05, 4.69) is 34.2 Å². The van der Waals surface area contributed by atoms with E-state index in [0.717, 1.165) is 30.4 Å². The quantitative estimate of drug-likeness (QED) is 0.590. The molecular formula is C26H32F3N3O4. The lowest BCUT2D eigenvalue weighted by atomic mass is 10.1. The minimum absolute atomic E-state index is 0.00697. The van der Waals surface area contributed by atoms with Crippen molar-refractivity contribution in [3.8, 4) is 5.75 Å². The molecule has 0 radical (unpaired) electrons. The Kier molecular flexibility index (Phi) is 9.19. The molecule has 2 aromatic carbocycles. The Morgan fingerprint density at radius 3 is 2.39 bits per heavy atom. The molecule has 2 saturated heterocycles. The van der Waals surface area contributed by atoms with E-state index in [1.165, 1.54) is 31.5 Å². The number of para-hydroxylation sites is 1. The number of hydrogen-bond acceptors (Lipinski definition) is 5. The lowest BCUT2D eigenvalue weighted by molar-refractivity contribution is -0.192. The van der Waals surface area contributed by atoms with Gasteiger partial charge in [0, 0.05) is 36.5 Å². The van der Waals surface area contributed by atoms with Crippen molar-refractivity contribution in [2.24, 2.45) is 0 Å². The highest BCUT2D eigenvalue weighted by atomic mass is 19.4. The summed E-state index contributed by atoms with van der Waals surface area (Å²) in [6.45, 7) is 7.86. The van der Waals surface area contributed by atoms with Crippen LogP contribution in [0.25, 0.3) is 0 Å². The van der Waals surface area contributed by atoms with Gasteiger partial charge in [-0.05, 0) is 75.5 Å². The number of amides is 1. The summed E-state index contributed by atoms with van der Waals surface area (Å²) in [7, 11) is 0. The van der Waals surface area contributed by atoms with Gasteiger partial charge < -0.3 is 20.1 Å². The molecule has 1 amide bonds. The first-order valence-electron chi connectivity index (χ1n) is 11.9. The zero-order chi connectivity index (χ0) is 26.3. The number of carboxylic acid groups (broad SMARTS) is 1. The van der Waals surface area contributed by atoms with Crippen molar-refractivity contribution in [2.75, 3.05) is 36.5 Å². The molecule has 2 fully saturated rings. The number of hydrogen-bond donors (Lipinski definition) is 2. The molecule has 0 spiro atoms. The van der Waals surface area contributed by atoms with Crippen molar-refractivity contribution in [3.63, 3.8) is 0 Å². The van der Waals surface area contributed by atoms with E-state index in [1.807, 2.05) is 43.3 Å². The normalized spacial score (nSPS) is 20.0. The van der Waals surface area contributed by atoms with Crippen LogP contribution in [0.5, 0.6) is 5.75 Å². The number of nitrogens with one attached hydrogen (secondary N) is 1. The van der Waals surface area contributed by atoms with Crippen molar-refractivity contribution in [3.05, 3.63) is 54.1 Å². The van der Waals surface area contributed by atoms with Crippen molar-refractivity contribution in [2.45, 2.75) is 51.4 Å². The van der Waals surface area contributed by atoms with Crippen molar-refractivity contribution >= 4 is 23.3 Å². The second-order valence-corrected chi connectivity index (χ2v) is 9.07. The van der Waals surface area contributed by atoms with Gasteiger partial charge >= 0.3 is 12.1 Å². The van der Waals surface area contributed by atoms with Gasteiger partial charge in [-0.1, -0.05) is 18.2 Å². The number of rotatable bonds is 6. The SMILES string of the molecule is Cc1cc(N2CCC(N3CCCC3C)C2)ccc1NC(=O)COc1ccccc1.O=C(O)C(F)(F)F. The summed E-state index contributed by atoms with van der Waals surface area (Å²) in [5, 5.41) is 10.1. The van der Waals surface area contributed by atoms with E-state index in [0.29, 0.717) is 11.8 Å². The third-order valence-electron chi connectivity index (χ3n) is 6.44. The molecule has 36 heavy (non-hydrogen) atoms. The summed E-state index contributed by atoms with van der Waals surface area (Å²) in [5.41, 5.74) is 3.17. The summed E-state index contributed by atoms with van der Waals surface area (Å²) in [4.78, 5) is 26.3. The minimum Gasteiger partial charge on any atom is -0.484 e. The van der Waals surface area contributed by atoms with E-state index in [-0.39, 0.29) is 12.5 Å². The molecule has 2 aromatic rings. The summed E-state index contributed by atoms with van der Waals surface area (Å²) in [6, 6.07) is 17.1. The number of anilines is 2. The smallest absolute Gasteiger partial charge is 0.484 e. The molecule has 2 heterocycles. The van der Waals surface area contributed by atoms with Crippen molar-refractivity contribution < 1.29 is 32.6 Å². The number of halogens is 3. The molecule has 2 unspecified atom stereocenters. The number of ether oxygens (including phenoxy) is 1. The maximum atomic E-state index is 12.2. The Hall–Kier alpha value is -3.27. The molecule has 0 aromatic heterocycles. The number of carbonyl (C=O) groups excluding carboxylic acids is 1. The maximum absolute atomic E-state index is 12.2. The summed E-state index contributed by atoms with van der Waals surface area (Å²) in [6.07, 6.45) is -1.18. The largest absolute Gasteiger partial charge is 0.490 e. The molecule has 0 aliphatic carbocycles. The van der Waals surface area contributed by atoms with E-state index in [9.17, 15) is 18.0 Å². The Labute approximate surface area is 208 Å². The first-order chi connectivity index (χ1) is 17.0. The van der Waals surface area contributed by atoms with Crippen LogP contribution in [0.2, 0.25) is 0 Å². The molecular weight excluding hydrogens is 475 g/mol. The molecule has 2 aliphatic rings. The van der Waals surface area contributed by atoms with Crippen LogP contribution in [-0.4, -0.2) is 66.4 Å². The van der Waals surface area contributed by atoms with Crippen LogP contribution < -0.4 is 15.0 Å². The molecule has 10 heteroatoms. The molecule has 2 N–H and O–H groups in total. The second-order valence-electron chi connectivity index (χ2n) is 9.07. The third kappa shape index (κ3) is 7.61. The van der Waals surface area contributed by atoms with Crippen LogP contribution in [0.3, 0.4) is 0 Å². The standard InChI is InChI=1S/C24H31N3O2.C2HF3O2/c1-18-15-20(26-14-12-21(16-26)27-13-6-7-19(27)2)10-11-23(18)25-24(28)17-29-22-8-4-3-5-9-22;3-2(4,5)1(6)7/h3-5,8-11,15,19,21H,6-7,12-14,16-17H2,1-2H3,(H,25,28);(H,6,7). The van der Waals surface area contributed by atoms with Gasteiger partial charge in [0.05, 0.1) is 0 Å². The Bertz CT molecular complexity index is 1030. The number of aryl methyl sites for hydroxylation is 1. The minimum atomic E-state index is -5.08. The fourth-order valence-corrected chi connectivity index (χ4v) is 4.58. The molecule has 196 valence electrons. The number of alkyl halides is 3. The van der Waals surface area contributed by atoms with Gasteiger partial charge in [0.2, 0.25) is 0 Å². The van der Waals surface area contributed by atoms with Crippen LogP contribution in [0.15, 0.2) is 48.5 Å². The lowest BCUT2D eigenvalue weighted by Gasteiger charge is -2.28. The highest BCUT2D eigenvalue weighted by molar-refractivity contribution is 5.92. The molecule has 0 bridgehead atoms. The van der Waals surface area contributed by atoms with Crippen LogP contribution in [0.4, 0.5) is 24.5 Å². The van der Waals surface area contributed by atoms with Gasteiger partial charge in [-0.25, -0.2) is 4.79 Å². The van der Waals surface area contributed by atoms with Gasteiger partial charge in [-0.15, -0.1) is 0 Å². The van der Waals surface area contributed by atoms with E-state index >= 15 is 0 Å². The van der Waals surface area contributed by atoms with E-state index in [1.54, 1.807) is 0 Å². The average Bonchev–Trinajstić information content (AvgIpc) is 3.48. The lowest BCUT2D eigenvalue weighted by Crippen LogP contribution is -2.39. The molecule has 2 atom stereocenters. The van der Waals surface area contributed by atoms with E-state index < -0.39 is 12.1 Å². The average molecular weight is 508 g/mol. The summed E-state index contributed by atoms with van der Waals surface area (Å²) in [5.74, 6) is -2.20. The van der Waals surface area contributed by atoms with Crippen LogP contribution in [0.1, 0.15) is 31.7 Å². The number of carbonyl (C=O) groups is 2. The zero-order valence-electron chi connectivity index (χ0n) is 20.4. The highest BCUT2D eigenvalue weighted by Gasteiger charge is 2.38. The topological polar surface area (TPSA) is 82.1 Å². The maximum Gasteiger partial charge on any atom is 0.490 e. The third-order valence-corrected chi connectivity index (χ3v) is 6.44. The Balaban J connectivity index is 0.000000454. The van der Waals surface area contributed by atoms with Crippen molar-refractivity contribution in [1.82, 2.24) is 4.90 Å². The van der Waals surface area contributed by atoms with Crippen molar-refractivity contribution in [1.29, 1.82) is 0 Å². The fourth-order valence-electron chi connectivity index (χ4n) is 4.58. The summed E-state index contributed by atoms with van der Waals surface area (Å²) < 4.78 is 37.3. The first-order valence-corrected chi connectivity index (χ1v) is 11.9. The van der Waals surface area contributed by atoms with Gasteiger partial charge in [0.25, 0.3) is 5.91 Å². The number of likely N-dealkylation sites (tertiary alicyclic amines) is 1. The fraction of sp³-hybridized carbons (Fsp3) is 0.462. The highest BCUT2D eigenvalue weighted by Crippen LogP contribution is 2.30. The Morgan fingerprint density at radius 2 is 1.81 bits per heavy atom. The molecule has 7 nitrogen and oxygen atoms in total. The molecule has 0 saturated carbocycles. The van der Waals surface area contributed by atoms with Crippen LogP contribution >= 0.6 is 0 Å². The number of aliphatic carboxylic acids is 1.